The van der Waals surface area contributed by atoms with E-state index >= 15 is 0 Å². The van der Waals surface area contributed by atoms with Crippen LogP contribution in [0.1, 0.15) is 49.8 Å². The van der Waals surface area contributed by atoms with Gasteiger partial charge in [0.25, 0.3) is 10.0 Å². The maximum atomic E-state index is 14.3. The predicted molar refractivity (Wildman–Crippen MR) is 172 cm³/mol. The van der Waals surface area contributed by atoms with Gasteiger partial charge in [-0.15, -0.1) is 0 Å². The Bertz CT molecular complexity index is 1530. The minimum Gasteiger partial charge on any atom is -0.495 e. The zero-order chi connectivity index (χ0) is 31.7. The number of rotatable bonds is 14. The van der Waals surface area contributed by atoms with E-state index in [9.17, 15) is 18.0 Å². The average molecular weight is 649 g/mol. The lowest BCUT2D eigenvalue weighted by molar-refractivity contribution is -0.140. The van der Waals surface area contributed by atoms with Gasteiger partial charge in [-0.3, -0.25) is 13.9 Å². The number of hydrogen-bond donors (Lipinski definition) is 1. The molecule has 1 atom stereocenters. The number of halogens is 2. The van der Waals surface area contributed by atoms with E-state index in [1.54, 1.807) is 55.5 Å². The molecule has 8 nitrogen and oxygen atoms in total. The summed E-state index contributed by atoms with van der Waals surface area (Å²) in [5, 5.41) is 3.67. The number of ether oxygens (including phenoxy) is 1. The summed E-state index contributed by atoms with van der Waals surface area (Å²) >= 11 is 12.6. The van der Waals surface area contributed by atoms with Crippen molar-refractivity contribution in [2.24, 2.45) is 0 Å². The molecule has 232 valence electrons. The van der Waals surface area contributed by atoms with Crippen LogP contribution in [0.5, 0.6) is 5.75 Å². The third kappa shape index (κ3) is 8.65. The van der Waals surface area contributed by atoms with Gasteiger partial charge < -0.3 is 15.0 Å². The number of anilines is 1. The SMILES string of the molecule is CCCCNC(=O)[C@@H](CC)N(Cc1ccc(Cl)cc1Cl)C(=O)CN(c1cc(C)ccc1OC)S(=O)(=O)c1ccc(C)cc1. The van der Waals surface area contributed by atoms with Gasteiger partial charge in [0.1, 0.15) is 18.3 Å². The quantitative estimate of drug-likeness (QED) is 0.201. The van der Waals surface area contributed by atoms with Crippen LogP contribution in [0.25, 0.3) is 0 Å². The fourth-order valence-electron chi connectivity index (χ4n) is 4.60. The van der Waals surface area contributed by atoms with Gasteiger partial charge in [0.05, 0.1) is 17.7 Å². The molecule has 11 heteroatoms. The van der Waals surface area contributed by atoms with E-state index in [0.717, 1.165) is 28.3 Å². The number of aryl methyl sites for hydroxylation is 2. The van der Waals surface area contributed by atoms with E-state index in [1.807, 2.05) is 20.8 Å². The van der Waals surface area contributed by atoms with E-state index in [2.05, 4.69) is 5.32 Å². The number of sulfonamides is 1. The summed E-state index contributed by atoms with van der Waals surface area (Å²) in [6, 6.07) is 15.6. The summed E-state index contributed by atoms with van der Waals surface area (Å²) in [5.74, 6) is -0.621. The van der Waals surface area contributed by atoms with Crippen LogP contribution in [0.2, 0.25) is 10.0 Å². The Kier molecular flexibility index (Phi) is 12.3. The Hall–Kier alpha value is -3.27. The first-order valence-electron chi connectivity index (χ1n) is 14.2. The highest BCUT2D eigenvalue weighted by molar-refractivity contribution is 7.92. The molecule has 0 bridgehead atoms. The molecule has 0 aromatic heterocycles. The molecule has 0 saturated heterocycles. The second-order valence-corrected chi connectivity index (χ2v) is 13.0. The number of nitrogens with one attached hydrogen (secondary N) is 1. The third-order valence-electron chi connectivity index (χ3n) is 7.06. The Labute approximate surface area is 265 Å². The highest BCUT2D eigenvalue weighted by atomic mass is 35.5. The lowest BCUT2D eigenvalue weighted by atomic mass is 10.1. The molecule has 3 aromatic carbocycles. The Morgan fingerprint density at radius 2 is 1.63 bits per heavy atom. The first kappa shape index (κ1) is 34.2. The van der Waals surface area contributed by atoms with Crippen LogP contribution in [-0.2, 0) is 26.2 Å². The molecule has 2 amide bonds. The fraction of sp³-hybridized carbons (Fsp3) is 0.375. The van der Waals surface area contributed by atoms with Crippen molar-refractivity contribution in [1.82, 2.24) is 10.2 Å². The van der Waals surface area contributed by atoms with Crippen molar-refractivity contribution >= 4 is 50.7 Å². The fourth-order valence-corrected chi connectivity index (χ4v) is 6.49. The molecule has 0 saturated carbocycles. The Balaban J connectivity index is 2.13. The highest BCUT2D eigenvalue weighted by Gasteiger charge is 2.35. The van der Waals surface area contributed by atoms with Gasteiger partial charge >= 0.3 is 0 Å². The topological polar surface area (TPSA) is 96.0 Å². The second kappa shape index (κ2) is 15.5. The molecule has 0 fully saturated rings. The van der Waals surface area contributed by atoms with Gasteiger partial charge in [-0.2, -0.15) is 0 Å². The van der Waals surface area contributed by atoms with Gasteiger partial charge in [-0.25, -0.2) is 8.42 Å². The van der Waals surface area contributed by atoms with Gasteiger partial charge in [0.2, 0.25) is 11.8 Å². The van der Waals surface area contributed by atoms with E-state index in [-0.39, 0.29) is 28.8 Å². The van der Waals surface area contributed by atoms with Crippen LogP contribution in [0.4, 0.5) is 5.69 Å². The smallest absolute Gasteiger partial charge is 0.264 e. The molecular weight excluding hydrogens is 609 g/mol. The zero-order valence-corrected chi connectivity index (χ0v) is 27.5. The molecule has 43 heavy (non-hydrogen) atoms. The first-order chi connectivity index (χ1) is 20.4. The number of carbonyl (C=O) groups is 2. The van der Waals surface area contributed by atoms with Gasteiger partial charge in [0.15, 0.2) is 0 Å². The predicted octanol–water partition coefficient (Wildman–Crippen LogP) is 6.54. The summed E-state index contributed by atoms with van der Waals surface area (Å²) in [5.41, 5.74) is 2.45. The Morgan fingerprint density at radius 3 is 2.23 bits per heavy atom. The lowest BCUT2D eigenvalue weighted by Gasteiger charge is -2.33. The van der Waals surface area contributed by atoms with Crippen molar-refractivity contribution in [2.75, 3.05) is 24.5 Å². The van der Waals surface area contributed by atoms with E-state index in [1.165, 1.54) is 24.1 Å². The maximum absolute atomic E-state index is 14.3. The molecule has 0 unspecified atom stereocenters. The molecule has 0 radical (unpaired) electrons. The lowest BCUT2D eigenvalue weighted by Crippen LogP contribution is -2.52. The standard InChI is InChI=1S/C32H39Cl2N3O5S/c1-6-8-17-35-32(39)28(7-2)36(20-24-12-13-25(33)19-27(24)34)31(38)21-37(29-18-23(4)11-16-30(29)42-5)43(40,41)26-14-9-22(3)10-15-26/h9-16,18-19,28H,6-8,17,20-21H2,1-5H3,(H,35,39)/t28-/m1/s1. The number of methoxy groups -OCH3 is 1. The van der Waals surface area contributed by atoms with Gasteiger partial charge in [-0.05, 0) is 74.2 Å². The second-order valence-electron chi connectivity index (χ2n) is 10.3. The molecule has 0 spiro atoms. The van der Waals surface area contributed by atoms with Crippen molar-refractivity contribution in [3.8, 4) is 5.75 Å². The zero-order valence-electron chi connectivity index (χ0n) is 25.2. The van der Waals surface area contributed by atoms with Crippen LogP contribution < -0.4 is 14.4 Å². The average Bonchev–Trinajstić information content (AvgIpc) is 2.97. The van der Waals surface area contributed by atoms with Crippen molar-refractivity contribution in [3.63, 3.8) is 0 Å². The van der Waals surface area contributed by atoms with Crippen LogP contribution in [0.3, 0.4) is 0 Å². The molecule has 1 N–H and O–H groups in total. The number of carbonyl (C=O) groups excluding carboxylic acids is 2. The molecule has 0 aliphatic carbocycles. The molecule has 3 rings (SSSR count). The van der Waals surface area contributed by atoms with Crippen molar-refractivity contribution in [1.29, 1.82) is 0 Å². The third-order valence-corrected chi connectivity index (χ3v) is 9.42. The molecule has 0 aliphatic heterocycles. The molecule has 3 aromatic rings. The summed E-state index contributed by atoms with van der Waals surface area (Å²) in [6.45, 7) is 7.35. The van der Waals surface area contributed by atoms with Crippen LogP contribution in [-0.4, -0.2) is 51.4 Å². The van der Waals surface area contributed by atoms with Crippen LogP contribution in [0.15, 0.2) is 65.6 Å². The summed E-state index contributed by atoms with van der Waals surface area (Å²) < 4.78 is 34.9. The van der Waals surface area contributed by atoms with Crippen molar-refractivity contribution in [2.45, 2.75) is 64.4 Å². The van der Waals surface area contributed by atoms with Crippen LogP contribution >= 0.6 is 23.2 Å². The van der Waals surface area contributed by atoms with E-state index < -0.39 is 28.5 Å². The number of amides is 2. The van der Waals surface area contributed by atoms with Gasteiger partial charge in [-0.1, -0.05) is 73.3 Å². The minimum atomic E-state index is -4.24. The monoisotopic (exact) mass is 647 g/mol. The maximum Gasteiger partial charge on any atom is 0.264 e. The Morgan fingerprint density at radius 1 is 0.953 bits per heavy atom. The van der Waals surface area contributed by atoms with Crippen molar-refractivity contribution in [3.05, 3.63) is 87.4 Å². The summed E-state index contributed by atoms with van der Waals surface area (Å²) in [4.78, 5) is 29.1. The molecule has 0 heterocycles. The number of nitrogens with zero attached hydrogens (tertiary/aromatic N) is 2. The van der Waals surface area contributed by atoms with Gasteiger partial charge in [0, 0.05) is 23.1 Å². The summed E-state index contributed by atoms with van der Waals surface area (Å²) in [6.07, 6.45) is 1.98. The molecule has 0 aliphatic rings. The number of hydrogen-bond acceptors (Lipinski definition) is 5. The number of unbranched alkanes of at least 4 members (excludes halogenated alkanes) is 1. The van der Waals surface area contributed by atoms with Crippen molar-refractivity contribution < 1.29 is 22.7 Å². The first-order valence-corrected chi connectivity index (χ1v) is 16.4. The number of benzene rings is 3. The van der Waals surface area contributed by atoms with E-state index in [0.29, 0.717) is 28.6 Å². The van der Waals surface area contributed by atoms with Crippen LogP contribution in [0, 0.1) is 13.8 Å². The normalized spacial score (nSPS) is 12.0. The largest absolute Gasteiger partial charge is 0.495 e. The minimum absolute atomic E-state index is 0.0195. The van der Waals surface area contributed by atoms with E-state index in [4.69, 9.17) is 27.9 Å². The summed E-state index contributed by atoms with van der Waals surface area (Å²) in [7, 11) is -2.80. The highest BCUT2D eigenvalue weighted by Crippen LogP contribution is 2.34. The molecular formula is C32H39Cl2N3O5S.